The van der Waals surface area contributed by atoms with Crippen molar-refractivity contribution in [2.75, 3.05) is 0 Å². The molecule has 0 aliphatic carbocycles. The number of hydrogen-bond donors (Lipinski definition) is 3. The number of benzene rings is 1. The van der Waals surface area contributed by atoms with Crippen molar-refractivity contribution in [1.29, 1.82) is 0 Å². The monoisotopic (exact) mass is 514 g/mol. The largest absolute Gasteiger partial charge is 0.508 e. The number of thiol groups is 1. The molecular weight excluding hydrogens is 475 g/mol. The van der Waals surface area contributed by atoms with Gasteiger partial charge in [-0.2, -0.15) is 0 Å². The molecule has 0 aliphatic rings. The van der Waals surface area contributed by atoms with E-state index in [0.29, 0.717) is 12.0 Å². The summed E-state index contributed by atoms with van der Waals surface area (Å²) in [4.78, 5) is 9.85. The molecule has 0 spiro atoms. The summed E-state index contributed by atoms with van der Waals surface area (Å²) in [7, 11) is -3.97. The fourth-order valence-electron chi connectivity index (χ4n) is 3.45. The SMILES string of the molecule is CCCCCCCCCCCCCCCc1c(O)cccc1P(=O)(O)OS.[Mo]. The van der Waals surface area contributed by atoms with Crippen LogP contribution in [0.4, 0.5) is 0 Å². The third-order valence-electron chi connectivity index (χ3n) is 5.07. The fourth-order valence-corrected chi connectivity index (χ4v) is 4.64. The molecule has 1 rings (SSSR count). The topological polar surface area (TPSA) is 66.8 Å². The molecule has 1 unspecified atom stereocenters. The van der Waals surface area contributed by atoms with E-state index in [1.54, 1.807) is 12.1 Å². The van der Waals surface area contributed by atoms with E-state index in [1.165, 1.54) is 76.7 Å². The van der Waals surface area contributed by atoms with E-state index in [1.807, 2.05) is 0 Å². The molecule has 1 aromatic rings. The molecule has 0 bridgehead atoms. The van der Waals surface area contributed by atoms with Gasteiger partial charge in [-0.3, -0.25) is 4.57 Å². The molecule has 0 heterocycles. The summed E-state index contributed by atoms with van der Waals surface area (Å²) in [5.41, 5.74) is 0.500. The molecule has 1 aromatic carbocycles. The third-order valence-corrected chi connectivity index (χ3v) is 6.99. The molecule has 0 fully saturated rings. The molecule has 0 aromatic heterocycles. The van der Waals surface area contributed by atoms with Crippen molar-refractivity contribution in [3.63, 3.8) is 0 Å². The Kier molecular flexibility index (Phi) is 17.1. The van der Waals surface area contributed by atoms with Gasteiger partial charge in [-0.05, 0) is 37.9 Å². The van der Waals surface area contributed by atoms with E-state index in [-0.39, 0.29) is 32.1 Å². The van der Waals surface area contributed by atoms with Crippen LogP contribution in [0.3, 0.4) is 0 Å². The molecule has 2 N–H and O–H groups in total. The van der Waals surface area contributed by atoms with Gasteiger partial charge in [0.2, 0.25) is 0 Å². The van der Waals surface area contributed by atoms with Gasteiger partial charge in [0.1, 0.15) is 5.75 Å². The van der Waals surface area contributed by atoms with E-state index in [4.69, 9.17) is 0 Å². The van der Waals surface area contributed by atoms with Gasteiger partial charge in [0.25, 0.3) is 0 Å². The Labute approximate surface area is 191 Å². The minimum atomic E-state index is -3.97. The molecule has 7 heteroatoms. The van der Waals surface area contributed by atoms with Crippen molar-refractivity contribution in [3.05, 3.63) is 23.8 Å². The van der Waals surface area contributed by atoms with Gasteiger partial charge in [0.05, 0.1) is 5.30 Å². The van der Waals surface area contributed by atoms with Crippen molar-refractivity contribution in [3.8, 4) is 5.75 Å². The van der Waals surface area contributed by atoms with Crippen molar-refractivity contribution >= 4 is 25.8 Å². The standard InChI is InChI=1S/C21H37O4PS.Mo/c1-2-3-4-5-6-7-8-9-10-11-12-13-14-16-19-20(22)17-15-18-21(19)26(23,24)25-27;/h15,17-18,22,27H,2-14,16H2,1H3,(H,23,24);. The van der Waals surface area contributed by atoms with Crippen LogP contribution in [0.1, 0.15) is 96.0 Å². The molecule has 28 heavy (non-hydrogen) atoms. The van der Waals surface area contributed by atoms with Crippen molar-refractivity contribution in [1.82, 2.24) is 0 Å². The number of aromatic hydroxyl groups is 1. The van der Waals surface area contributed by atoms with E-state index in [0.717, 1.165) is 12.8 Å². The number of unbranched alkanes of at least 4 members (excludes halogenated alkanes) is 12. The first-order valence-electron chi connectivity index (χ1n) is 10.5. The van der Waals surface area contributed by atoms with Crippen LogP contribution >= 0.6 is 20.5 Å². The van der Waals surface area contributed by atoms with Crippen LogP contribution < -0.4 is 5.30 Å². The minimum absolute atomic E-state index is 0. The van der Waals surface area contributed by atoms with Gasteiger partial charge in [-0.15, -0.1) is 0 Å². The van der Waals surface area contributed by atoms with Crippen LogP contribution in [0, 0.1) is 0 Å². The van der Waals surface area contributed by atoms with Gasteiger partial charge in [0, 0.05) is 26.6 Å². The quantitative estimate of drug-likeness (QED) is 0.0759. The first kappa shape index (κ1) is 28.2. The molecular formula is C21H37MoO4PS. The van der Waals surface area contributed by atoms with Crippen LogP contribution in [0.2, 0.25) is 0 Å². The Morgan fingerprint density at radius 1 is 0.893 bits per heavy atom. The summed E-state index contributed by atoms with van der Waals surface area (Å²) in [6.07, 6.45) is 17.1. The molecule has 4 nitrogen and oxygen atoms in total. The second kappa shape index (κ2) is 16.9. The molecule has 0 aliphatic heterocycles. The summed E-state index contributed by atoms with van der Waals surface area (Å²) in [5.74, 6) is 0.0473. The Hall–Kier alpha value is 0.208. The Morgan fingerprint density at radius 2 is 1.36 bits per heavy atom. The van der Waals surface area contributed by atoms with Gasteiger partial charge < -0.3 is 10.00 Å². The summed E-state index contributed by atoms with van der Waals surface area (Å²) >= 11 is 3.49. The Bertz CT molecular complexity index is 571. The molecule has 0 amide bonds. The molecule has 1 atom stereocenters. The second-order valence-electron chi connectivity index (χ2n) is 7.37. The average Bonchev–Trinajstić information content (AvgIpc) is 2.66. The number of phenolic OH excluding ortho intramolecular Hbond substituents is 1. The second-order valence-corrected chi connectivity index (χ2v) is 9.55. The van der Waals surface area contributed by atoms with Crippen molar-refractivity contribution < 1.29 is 39.6 Å². The van der Waals surface area contributed by atoms with Crippen LogP contribution in [-0.4, -0.2) is 10.00 Å². The molecule has 0 saturated carbocycles. The maximum atomic E-state index is 12.0. The minimum Gasteiger partial charge on any atom is -0.508 e. The maximum Gasteiger partial charge on any atom is 0.369 e. The van der Waals surface area contributed by atoms with Gasteiger partial charge >= 0.3 is 7.60 Å². The van der Waals surface area contributed by atoms with Gasteiger partial charge in [-0.1, -0.05) is 90.0 Å². The first-order chi connectivity index (χ1) is 13.0. The fraction of sp³-hybridized carbons (Fsp3) is 0.714. The summed E-state index contributed by atoms with van der Waals surface area (Å²) in [6.45, 7) is 2.25. The number of phenols is 1. The van der Waals surface area contributed by atoms with E-state index >= 15 is 0 Å². The van der Waals surface area contributed by atoms with Crippen LogP contribution in [0.15, 0.2) is 18.2 Å². The Morgan fingerprint density at radius 3 is 1.82 bits per heavy atom. The first-order valence-corrected chi connectivity index (χ1v) is 12.4. The zero-order valence-electron chi connectivity index (χ0n) is 17.1. The van der Waals surface area contributed by atoms with E-state index < -0.39 is 7.60 Å². The maximum absolute atomic E-state index is 12.0. The van der Waals surface area contributed by atoms with Gasteiger partial charge in [-0.25, -0.2) is 3.97 Å². The summed E-state index contributed by atoms with van der Waals surface area (Å²) in [5, 5.41) is 10.2. The van der Waals surface area contributed by atoms with Crippen molar-refractivity contribution in [2.45, 2.75) is 96.8 Å². The summed E-state index contributed by atoms with van der Waals surface area (Å²) in [6, 6.07) is 4.61. The van der Waals surface area contributed by atoms with Crippen LogP contribution in [-0.2, 0) is 36.0 Å². The predicted molar refractivity (Wildman–Crippen MR) is 117 cm³/mol. The number of hydrogen-bond acceptors (Lipinski definition) is 4. The average molecular weight is 513 g/mol. The van der Waals surface area contributed by atoms with Gasteiger partial charge in [0.15, 0.2) is 0 Å². The molecule has 162 valence electrons. The number of rotatable bonds is 16. The Balaban J connectivity index is 0.00000729. The normalized spacial score (nSPS) is 13.1. The predicted octanol–water partition coefficient (Wildman–Crippen LogP) is 6.70. The third kappa shape index (κ3) is 11.4. The zero-order chi connectivity index (χ0) is 20.0. The van der Waals surface area contributed by atoms with Crippen molar-refractivity contribution in [2.24, 2.45) is 0 Å². The smallest absolute Gasteiger partial charge is 0.369 e. The van der Waals surface area contributed by atoms with Crippen LogP contribution in [0.5, 0.6) is 5.75 Å². The van der Waals surface area contributed by atoms with Crippen LogP contribution in [0.25, 0.3) is 0 Å². The molecule has 0 radical (unpaired) electrons. The van der Waals surface area contributed by atoms with E-state index in [2.05, 4.69) is 23.8 Å². The zero-order valence-corrected chi connectivity index (χ0v) is 20.9. The molecule has 0 saturated heterocycles. The summed E-state index contributed by atoms with van der Waals surface area (Å²) < 4.78 is 16.5. The van der Waals surface area contributed by atoms with E-state index in [9.17, 15) is 14.6 Å².